The van der Waals surface area contributed by atoms with Crippen molar-refractivity contribution in [2.24, 2.45) is 0 Å². The number of esters is 1. The number of nitrogens with one attached hydrogen (secondary N) is 1. The predicted molar refractivity (Wildman–Crippen MR) is 91.6 cm³/mol. The summed E-state index contributed by atoms with van der Waals surface area (Å²) in [6.07, 6.45) is 0. The van der Waals surface area contributed by atoms with Gasteiger partial charge in [0, 0.05) is 10.7 Å². The standard InChI is InChI=1S/C16H12Cl3NO3/c1-9-11(17)3-2-4-14(9)20-15(21)8-23-16(22)10-5-6-12(18)13(19)7-10/h2-7H,8H2,1H3,(H,20,21). The van der Waals surface area contributed by atoms with Crippen molar-refractivity contribution in [1.82, 2.24) is 0 Å². The van der Waals surface area contributed by atoms with Crippen molar-refractivity contribution in [3.63, 3.8) is 0 Å². The van der Waals surface area contributed by atoms with Crippen LogP contribution in [0.25, 0.3) is 0 Å². The van der Waals surface area contributed by atoms with Crippen LogP contribution < -0.4 is 5.32 Å². The minimum absolute atomic E-state index is 0.214. The molecule has 0 radical (unpaired) electrons. The van der Waals surface area contributed by atoms with Crippen LogP contribution in [0.4, 0.5) is 5.69 Å². The SMILES string of the molecule is Cc1c(Cl)cccc1NC(=O)COC(=O)c1ccc(Cl)c(Cl)c1. The average molecular weight is 373 g/mol. The van der Waals surface area contributed by atoms with Crippen molar-refractivity contribution in [2.45, 2.75) is 6.92 Å². The van der Waals surface area contributed by atoms with Gasteiger partial charge in [0.1, 0.15) is 0 Å². The Kier molecular flexibility index (Phi) is 5.88. The van der Waals surface area contributed by atoms with E-state index in [0.717, 1.165) is 5.56 Å². The third-order valence-corrected chi connectivity index (χ3v) is 4.18. The van der Waals surface area contributed by atoms with Crippen LogP contribution in [0.15, 0.2) is 36.4 Å². The molecular formula is C16H12Cl3NO3. The Bertz CT molecular complexity index is 762. The molecule has 0 saturated carbocycles. The second-order valence-corrected chi connectivity index (χ2v) is 5.89. The number of carbonyl (C=O) groups excluding carboxylic acids is 2. The van der Waals surface area contributed by atoms with Gasteiger partial charge in [0.2, 0.25) is 0 Å². The second-order valence-electron chi connectivity index (χ2n) is 4.67. The lowest BCUT2D eigenvalue weighted by atomic mass is 10.2. The third kappa shape index (κ3) is 4.61. The van der Waals surface area contributed by atoms with E-state index in [1.165, 1.54) is 18.2 Å². The second kappa shape index (κ2) is 7.68. The maximum absolute atomic E-state index is 11.9. The Morgan fingerprint density at radius 2 is 1.78 bits per heavy atom. The zero-order valence-corrected chi connectivity index (χ0v) is 14.3. The van der Waals surface area contributed by atoms with Crippen LogP contribution in [-0.2, 0) is 9.53 Å². The number of hydrogen-bond acceptors (Lipinski definition) is 3. The van der Waals surface area contributed by atoms with Crippen molar-refractivity contribution in [2.75, 3.05) is 11.9 Å². The first-order chi connectivity index (χ1) is 10.9. The molecular weight excluding hydrogens is 361 g/mol. The van der Waals surface area contributed by atoms with E-state index in [1.54, 1.807) is 25.1 Å². The molecule has 2 rings (SSSR count). The summed E-state index contributed by atoms with van der Waals surface area (Å²) in [6, 6.07) is 9.47. The minimum Gasteiger partial charge on any atom is -0.452 e. The summed E-state index contributed by atoms with van der Waals surface area (Å²) < 4.78 is 4.94. The maximum Gasteiger partial charge on any atom is 0.338 e. The molecule has 7 heteroatoms. The normalized spacial score (nSPS) is 10.3. The Balaban J connectivity index is 1.94. The van der Waals surface area contributed by atoms with E-state index < -0.39 is 18.5 Å². The maximum atomic E-state index is 11.9. The summed E-state index contributed by atoms with van der Waals surface area (Å²) in [7, 11) is 0. The third-order valence-electron chi connectivity index (χ3n) is 3.03. The predicted octanol–water partition coefficient (Wildman–Crippen LogP) is 4.75. The highest BCUT2D eigenvalue weighted by atomic mass is 35.5. The van der Waals surface area contributed by atoms with Gasteiger partial charge in [-0.2, -0.15) is 0 Å². The molecule has 0 unspecified atom stereocenters. The van der Waals surface area contributed by atoms with Gasteiger partial charge in [0.15, 0.2) is 6.61 Å². The van der Waals surface area contributed by atoms with E-state index in [4.69, 9.17) is 39.5 Å². The van der Waals surface area contributed by atoms with Gasteiger partial charge in [0.05, 0.1) is 15.6 Å². The van der Waals surface area contributed by atoms with Crippen molar-refractivity contribution in [1.29, 1.82) is 0 Å². The van der Waals surface area contributed by atoms with Gasteiger partial charge in [-0.1, -0.05) is 40.9 Å². The van der Waals surface area contributed by atoms with Gasteiger partial charge in [-0.05, 0) is 42.8 Å². The summed E-state index contributed by atoms with van der Waals surface area (Å²) >= 11 is 17.6. The fourth-order valence-corrected chi connectivity index (χ4v) is 2.24. The van der Waals surface area contributed by atoms with Crippen LogP contribution in [0.3, 0.4) is 0 Å². The molecule has 0 aromatic heterocycles. The van der Waals surface area contributed by atoms with Crippen LogP contribution in [-0.4, -0.2) is 18.5 Å². The van der Waals surface area contributed by atoms with E-state index in [0.29, 0.717) is 15.7 Å². The zero-order chi connectivity index (χ0) is 17.0. The lowest BCUT2D eigenvalue weighted by molar-refractivity contribution is -0.119. The van der Waals surface area contributed by atoms with E-state index in [1.807, 2.05) is 0 Å². The van der Waals surface area contributed by atoms with Crippen LogP contribution >= 0.6 is 34.8 Å². The van der Waals surface area contributed by atoms with Crippen LogP contribution in [0, 0.1) is 6.92 Å². The van der Waals surface area contributed by atoms with Gasteiger partial charge in [-0.3, -0.25) is 4.79 Å². The first-order valence-corrected chi connectivity index (χ1v) is 7.69. The van der Waals surface area contributed by atoms with Gasteiger partial charge in [-0.25, -0.2) is 4.79 Å². The monoisotopic (exact) mass is 371 g/mol. The van der Waals surface area contributed by atoms with E-state index in [2.05, 4.69) is 5.32 Å². The highest BCUT2D eigenvalue weighted by molar-refractivity contribution is 6.42. The van der Waals surface area contributed by atoms with Crippen molar-refractivity contribution < 1.29 is 14.3 Å². The van der Waals surface area contributed by atoms with Gasteiger partial charge in [-0.15, -0.1) is 0 Å². The molecule has 1 amide bonds. The number of benzene rings is 2. The van der Waals surface area contributed by atoms with E-state index in [-0.39, 0.29) is 10.6 Å². The topological polar surface area (TPSA) is 55.4 Å². The number of amides is 1. The Morgan fingerprint density at radius 3 is 2.48 bits per heavy atom. The van der Waals surface area contributed by atoms with E-state index >= 15 is 0 Å². The first kappa shape index (κ1) is 17.6. The molecule has 0 heterocycles. The first-order valence-electron chi connectivity index (χ1n) is 6.55. The molecule has 0 aliphatic carbocycles. The lowest BCUT2D eigenvalue weighted by Crippen LogP contribution is -2.21. The number of ether oxygens (including phenoxy) is 1. The quantitative estimate of drug-likeness (QED) is 0.788. The molecule has 2 aromatic carbocycles. The molecule has 0 aliphatic rings. The lowest BCUT2D eigenvalue weighted by Gasteiger charge is -2.10. The highest BCUT2D eigenvalue weighted by Gasteiger charge is 2.13. The van der Waals surface area contributed by atoms with E-state index in [9.17, 15) is 9.59 Å². The van der Waals surface area contributed by atoms with Gasteiger partial charge in [0.25, 0.3) is 5.91 Å². The fourth-order valence-electron chi connectivity index (χ4n) is 1.77. The summed E-state index contributed by atoms with van der Waals surface area (Å²) in [4.78, 5) is 23.7. The molecule has 0 spiro atoms. The summed E-state index contributed by atoms with van der Waals surface area (Å²) in [5, 5.41) is 3.74. The fraction of sp³-hybridized carbons (Fsp3) is 0.125. The van der Waals surface area contributed by atoms with Gasteiger partial charge < -0.3 is 10.1 Å². The largest absolute Gasteiger partial charge is 0.452 e. The minimum atomic E-state index is -0.665. The van der Waals surface area contributed by atoms with Crippen LogP contribution in [0.2, 0.25) is 15.1 Å². The summed E-state index contributed by atoms with van der Waals surface area (Å²) in [5.74, 6) is -1.13. The number of rotatable bonds is 4. The molecule has 2 aromatic rings. The molecule has 0 saturated heterocycles. The number of anilines is 1. The molecule has 1 N–H and O–H groups in total. The molecule has 0 fully saturated rings. The Hall–Kier alpha value is -1.75. The van der Waals surface area contributed by atoms with Crippen LogP contribution in [0.5, 0.6) is 0 Å². The van der Waals surface area contributed by atoms with Crippen LogP contribution in [0.1, 0.15) is 15.9 Å². The average Bonchev–Trinajstić information content (AvgIpc) is 2.52. The van der Waals surface area contributed by atoms with Crippen molar-refractivity contribution >= 4 is 52.4 Å². The van der Waals surface area contributed by atoms with Gasteiger partial charge >= 0.3 is 5.97 Å². The molecule has 0 aliphatic heterocycles. The highest BCUT2D eigenvalue weighted by Crippen LogP contribution is 2.24. The number of halogens is 3. The molecule has 0 bridgehead atoms. The summed E-state index contributed by atoms with van der Waals surface area (Å²) in [5.41, 5.74) is 1.51. The zero-order valence-electron chi connectivity index (χ0n) is 12.0. The summed E-state index contributed by atoms with van der Waals surface area (Å²) in [6.45, 7) is 1.35. The van der Waals surface area contributed by atoms with Crippen molar-refractivity contribution in [3.05, 3.63) is 62.6 Å². The molecule has 4 nitrogen and oxygen atoms in total. The molecule has 0 atom stereocenters. The molecule has 23 heavy (non-hydrogen) atoms. The van der Waals surface area contributed by atoms with Crippen molar-refractivity contribution in [3.8, 4) is 0 Å². The Labute approximate surface area is 148 Å². The number of carbonyl (C=O) groups is 2. The smallest absolute Gasteiger partial charge is 0.338 e. The number of hydrogen-bond donors (Lipinski definition) is 1. The molecule has 120 valence electrons. The Morgan fingerprint density at radius 1 is 1.04 bits per heavy atom.